The second-order valence-electron chi connectivity index (χ2n) is 5.85. The van der Waals surface area contributed by atoms with Crippen molar-refractivity contribution in [3.8, 4) is 0 Å². The quantitative estimate of drug-likeness (QED) is 0.837. The Labute approximate surface area is 132 Å². The Morgan fingerprint density at radius 2 is 2.05 bits per heavy atom. The summed E-state index contributed by atoms with van der Waals surface area (Å²) >= 11 is 0. The summed E-state index contributed by atoms with van der Waals surface area (Å²) in [5, 5.41) is 3.39. The molecule has 4 nitrogen and oxygen atoms in total. The normalized spacial score (nSPS) is 17.7. The van der Waals surface area contributed by atoms with E-state index in [-0.39, 0.29) is 11.6 Å². The van der Waals surface area contributed by atoms with Crippen LogP contribution in [0.25, 0.3) is 0 Å². The molecule has 1 fully saturated rings. The fraction of sp³-hybridized carbons (Fsp3) is 0.625. The van der Waals surface area contributed by atoms with Crippen LogP contribution in [0.4, 0.5) is 4.39 Å². The first-order valence-corrected chi connectivity index (χ1v) is 9.58. The lowest BCUT2D eigenvalue weighted by molar-refractivity contribution is 0.288. The van der Waals surface area contributed by atoms with E-state index in [4.69, 9.17) is 0 Å². The van der Waals surface area contributed by atoms with Gasteiger partial charge in [-0.15, -0.1) is 0 Å². The van der Waals surface area contributed by atoms with Crippen molar-refractivity contribution >= 4 is 10.0 Å². The Hall–Kier alpha value is -0.980. The van der Waals surface area contributed by atoms with Crippen LogP contribution in [0.2, 0.25) is 0 Å². The number of hydrogen-bond donors (Lipinski definition) is 1. The minimum atomic E-state index is -3.09. The monoisotopic (exact) mass is 328 g/mol. The molecule has 1 aliphatic rings. The zero-order valence-corrected chi connectivity index (χ0v) is 13.9. The smallest absolute Gasteiger partial charge is 0.214 e. The fourth-order valence-corrected chi connectivity index (χ4v) is 4.38. The highest BCUT2D eigenvalue weighted by Gasteiger charge is 2.27. The summed E-state index contributed by atoms with van der Waals surface area (Å²) in [4.78, 5) is 0. The van der Waals surface area contributed by atoms with Gasteiger partial charge >= 0.3 is 0 Å². The van der Waals surface area contributed by atoms with Gasteiger partial charge in [0, 0.05) is 25.7 Å². The third kappa shape index (κ3) is 5.04. The predicted octanol–water partition coefficient (Wildman–Crippen LogP) is 2.51. The van der Waals surface area contributed by atoms with E-state index in [1.54, 1.807) is 10.4 Å². The zero-order valence-electron chi connectivity index (χ0n) is 13.1. The van der Waals surface area contributed by atoms with Crippen LogP contribution >= 0.6 is 0 Å². The Balaban J connectivity index is 1.77. The van der Waals surface area contributed by atoms with Crippen molar-refractivity contribution in [3.05, 3.63) is 35.6 Å². The van der Waals surface area contributed by atoms with Gasteiger partial charge in [-0.1, -0.05) is 25.5 Å². The molecule has 22 heavy (non-hydrogen) atoms. The summed E-state index contributed by atoms with van der Waals surface area (Å²) in [6.07, 6.45) is 3.23. The molecule has 1 aliphatic heterocycles. The molecule has 0 saturated carbocycles. The fourth-order valence-electron chi connectivity index (χ4n) is 2.70. The van der Waals surface area contributed by atoms with Gasteiger partial charge < -0.3 is 5.32 Å². The molecule has 1 aromatic carbocycles. The molecular formula is C16H25FN2O2S. The maximum atomic E-state index is 13.1. The molecule has 124 valence electrons. The van der Waals surface area contributed by atoms with Crippen LogP contribution in [-0.2, 0) is 16.6 Å². The van der Waals surface area contributed by atoms with Crippen LogP contribution in [0.5, 0.6) is 0 Å². The first kappa shape index (κ1) is 17.4. The zero-order chi connectivity index (χ0) is 16.0. The number of rotatable bonds is 7. The number of sulfonamides is 1. The van der Waals surface area contributed by atoms with Crippen LogP contribution in [0, 0.1) is 5.82 Å². The van der Waals surface area contributed by atoms with Gasteiger partial charge in [0.2, 0.25) is 10.0 Å². The van der Waals surface area contributed by atoms with Gasteiger partial charge in [-0.2, -0.15) is 0 Å². The van der Waals surface area contributed by atoms with Crippen molar-refractivity contribution < 1.29 is 12.8 Å². The first-order valence-electron chi connectivity index (χ1n) is 7.97. The molecular weight excluding hydrogens is 303 g/mol. The second-order valence-corrected chi connectivity index (χ2v) is 7.94. The average molecular weight is 328 g/mol. The van der Waals surface area contributed by atoms with Crippen molar-refractivity contribution in [3.63, 3.8) is 0 Å². The highest BCUT2D eigenvalue weighted by molar-refractivity contribution is 7.89. The molecule has 1 N–H and O–H groups in total. The highest BCUT2D eigenvalue weighted by Crippen LogP contribution is 2.16. The number of nitrogens with zero attached hydrogens (tertiary/aromatic N) is 1. The van der Waals surface area contributed by atoms with Crippen molar-refractivity contribution in [2.75, 3.05) is 18.8 Å². The minimum absolute atomic E-state index is 0.226. The molecule has 0 atom stereocenters. The van der Waals surface area contributed by atoms with E-state index in [9.17, 15) is 12.8 Å². The lowest BCUT2D eigenvalue weighted by Gasteiger charge is -2.31. The van der Waals surface area contributed by atoms with Gasteiger partial charge in [0.25, 0.3) is 0 Å². The molecule has 1 heterocycles. The average Bonchev–Trinajstić information content (AvgIpc) is 2.51. The highest BCUT2D eigenvalue weighted by atomic mass is 32.2. The van der Waals surface area contributed by atoms with E-state index in [1.807, 2.05) is 13.0 Å². The summed E-state index contributed by atoms with van der Waals surface area (Å²) < 4.78 is 39.0. The number of halogens is 1. The van der Waals surface area contributed by atoms with Crippen LogP contribution < -0.4 is 5.32 Å². The first-order chi connectivity index (χ1) is 10.5. The van der Waals surface area contributed by atoms with Crippen LogP contribution in [0.1, 0.15) is 38.2 Å². The van der Waals surface area contributed by atoms with Gasteiger partial charge in [0.1, 0.15) is 5.82 Å². The molecule has 1 aromatic rings. The van der Waals surface area contributed by atoms with E-state index in [2.05, 4.69) is 5.32 Å². The van der Waals surface area contributed by atoms with E-state index in [1.165, 1.54) is 12.1 Å². The lowest BCUT2D eigenvalue weighted by Crippen LogP contribution is -2.45. The van der Waals surface area contributed by atoms with E-state index in [0.717, 1.165) is 31.2 Å². The lowest BCUT2D eigenvalue weighted by atomic mass is 10.1. The minimum Gasteiger partial charge on any atom is -0.310 e. The van der Waals surface area contributed by atoms with Gasteiger partial charge in [-0.3, -0.25) is 0 Å². The maximum Gasteiger partial charge on any atom is 0.214 e. The van der Waals surface area contributed by atoms with E-state index in [0.29, 0.717) is 25.7 Å². The van der Waals surface area contributed by atoms with Crippen molar-refractivity contribution in [1.29, 1.82) is 0 Å². The van der Waals surface area contributed by atoms with E-state index < -0.39 is 10.0 Å². The van der Waals surface area contributed by atoms with Crippen LogP contribution in [-0.4, -0.2) is 37.6 Å². The van der Waals surface area contributed by atoms with Gasteiger partial charge in [-0.25, -0.2) is 17.1 Å². The summed E-state index contributed by atoms with van der Waals surface area (Å²) in [5.74, 6) is 0.0290. The SMILES string of the molecule is CCCCS(=O)(=O)N1CCC(NCc2cccc(F)c2)CC1. The molecule has 0 aliphatic carbocycles. The number of benzene rings is 1. The number of piperidine rings is 1. The summed E-state index contributed by atoms with van der Waals surface area (Å²) in [6, 6.07) is 6.84. The molecule has 0 unspecified atom stereocenters. The second kappa shape index (κ2) is 8.04. The van der Waals surface area contributed by atoms with Gasteiger partial charge in [0.15, 0.2) is 0 Å². The van der Waals surface area contributed by atoms with E-state index >= 15 is 0 Å². The third-order valence-corrected chi connectivity index (χ3v) is 6.04. The van der Waals surface area contributed by atoms with Crippen molar-refractivity contribution in [1.82, 2.24) is 9.62 Å². The summed E-state index contributed by atoms with van der Waals surface area (Å²) in [6.45, 7) is 3.77. The standard InChI is InChI=1S/C16H25FN2O2S/c1-2-3-11-22(20,21)19-9-7-16(8-10-19)18-13-14-5-4-6-15(17)12-14/h4-6,12,16,18H,2-3,7-11,13H2,1H3. The van der Waals surface area contributed by atoms with Crippen LogP contribution in [0.15, 0.2) is 24.3 Å². The van der Waals surface area contributed by atoms with Crippen LogP contribution in [0.3, 0.4) is 0 Å². The van der Waals surface area contributed by atoms with Gasteiger partial charge in [0.05, 0.1) is 5.75 Å². The Morgan fingerprint density at radius 1 is 1.32 bits per heavy atom. The molecule has 0 amide bonds. The molecule has 0 spiro atoms. The van der Waals surface area contributed by atoms with Crippen molar-refractivity contribution in [2.45, 2.75) is 45.2 Å². The molecule has 0 bridgehead atoms. The maximum absolute atomic E-state index is 13.1. The number of hydrogen-bond acceptors (Lipinski definition) is 3. The Kier molecular flexibility index (Phi) is 6.35. The van der Waals surface area contributed by atoms with Crippen molar-refractivity contribution in [2.24, 2.45) is 0 Å². The number of unbranched alkanes of at least 4 members (excludes halogenated alkanes) is 1. The third-order valence-electron chi connectivity index (χ3n) is 4.09. The summed E-state index contributed by atoms with van der Waals surface area (Å²) in [7, 11) is -3.09. The largest absolute Gasteiger partial charge is 0.310 e. The Morgan fingerprint density at radius 3 is 2.68 bits per heavy atom. The topological polar surface area (TPSA) is 49.4 Å². The molecule has 1 saturated heterocycles. The number of nitrogens with one attached hydrogen (secondary N) is 1. The predicted molar refractivity (Wildman–Crippen MR) is 86.5 cm³/mol. The molecule has 6 heteroatoms. The molecule has 0 radical (unpaired) electrons. The molecule has 2 rings (SSSR count). The van der Waals surface area contributed by atoms with Gasteiger partial charge in [-0.05, 0) is 37.0 Å². The summed E-state index contributed by atoms with van der Waals surface area (Å²) in [5.41, 5.74) is 0.915. The molecule has 0 aromatic heterocycles. The Bertz CT molecular complexity index is 569.